The number of halogens is 1. The van der Waals surface area contributed by atoms with Crippen LogP contribution in [0.15, 0.2) is 24.4 Å². The number of nitrogens with zero attached hydrogens (tertiary/aromatic N) is 3. The van der Waals surface area contributed by atoms with Crippen LogP contribution < -0.4 is 4.54 Å². The van der Waals surface area contributed by atoms with Crippen molar-refractivity contribution in [3.8, 4) is 0 Å². The summed E-state index contributed by atoms with van der Waals surface area (Å²) in [6.45, 7) is 0. The van der Waals surface area contributed by atoms with Crippen LogP contribution in [0.3, 0.4) is 0 Å². The molecule has 18 heavy (non-hydrogen) atoms. The van der Waals surface area contributed by atoms with Crippen LogP contribution in [0.25, 0.3) is 16.7 Å². The molecule has 0 radical (unpaired) electrons. The molecule has 2 N–H and O–H groups in total. The Kier molecular flexibility index (Phi) is 2.11. The first-order chi connectivity index (χ1) is 8.58. The van der Waals surface area contributed by atoms with Gasteiger partial charge in [-0.15, -0.1) is 0 Å². The molecule has 3 aromatic rings. The second kappa shape index (κ2) is 3.54. The summed E-state index contributed by atoms with van der Waals surface area (Å²) in [5, 5.41) is 15.8. The van der Waals surface area contributed by atoms with Crippen LogP contribution in [0.1, 0.15) is 10.4 Å². The standard InChI is InChI=1S/C10H5ClN4O3/c11-5-1-2-7-8(3-5)14-9(13-15(7)18)6(4-12-14)10(16)17/h1-4H,(H-,12,13,16,17,18)/p+1. The lowest BCUT2D eigenvalue weighted by molar-refractivity contribution is -0.533. The largest absolute Gasteiger partial charge is 0.477 e. The number of carbonyl (C=O) groups is 1. The Labute approximate surface area is 104 Å². The van der Waals surface area contributed by atoms with Crippen molar-refractivity contribution in [1.29, 1.82) is 0 Å². The first kappa shape index (κ1) is 10.7. The predicted octanol–water partition coefficient (Wildman–Crippen LogP) is 1.08. The Morgan fingerprint density at radius 2 is 2.28 bits per heavy atom. The van der Waals surface area contributed by atoms with Crippen molar-refractivity contribution in [2.45, 2.75) is 0 Å². The summed E-state index contributed by atoms with van der Waals surface area (Å²) >= 11 is 5.86. The van der Waals surface area contributed by atoms with Gasteiger partial charge in [0, 0.05) is 11.1 Å². The van der Waals surface area contributed by atoms with Gasteiger partial charge in [-0.25, -0.2) is 9.31 Å². The molecule has 0 spiro atoms. The second-order valence-corrected chi connectivity index (χ2v) is 4.10. The number of hydrogen-bond acceptors (Lipinski definition) is 3. The molecule has 0 amide bonds. The summed E-state index contributed by atoms with van der Waals surface area (Å²) in [5.41, 5.74) is 0.763. The molecule has 2 aromatic heterocycles. The summed E-state index contributed by atoms with van der Waals surface area (Å²) < 4.78 is 1.81. The molecule has 1 aromatic carbocycles. The molecule has 0 saturated heterocycles. The van der Waals surface area contributed by atoms with Gasteiger partial charge in [0.1, 0.15) is 11.1 Å². The fraction of sp³-hybridized carbons (Fsp3) is 0. The zero-order chi connectivity index (χ0) is 12.9. The van der Waals surface area contributed by atoms with Crippen LogP contribution in [-0.2, 0) is 0 Å². The predicted molar refractivity (Wildman–Crippen MR) is 62.4 cm³/mol. The van der Waals surface area contributed by atoms with E-state index in [0.717, 1.165) is 0 Å². The van der Waals surface area contributed by atoms with Gasteiger partial charge in [0.2, 0.25) is 5.65 Å². The van der Waals surface area contributed by atoms with Crippen LogP contribution in [0, 0.1) is 4.91 Å². The van der Waals surface area contributed by atoms with Gasteiger partial charge >= 0.3 is 11.5 Å². The molecule has 0 aliphatic rings. The molecular weight excluding hydrogens is 260 g/mol. The summed E-state index contributed by atoms with van der Waals surface area (Å²) in [6, 6.07) is 4.65. The first-order valence-electron chi connectivity index (χ1n) is 4.93. The van der Waals surface area contributed by atoms with Gasteiger partial charge in [0.05, 0.1) is 11.1 Å². The Morgan fingerprint density at radius 3 is 3.00 bits per heavy atom. The van der Waals surface area contributed by atoms with E-state index in [2.05, 4.69) is 10.2 Å². The lowest BCUT2D eigenvalue weighted by atomic mass is 10.3. The third-order valence-electron chi connectivity index (χ3n) is 2.59. The second-order valence-electron chi connectivity index (χ2n) is 3.66. The van der Waals surface area contributed by atoms with Crippen LogP contribution in [0.4, 0.5) is 0 Å². The maximum Gasteiger partial charge on any atom is 0.341 e. The smallest absolute Gasteiger partial charge is 0.341 e. The minimum Gasteiger partial charge on any atom is -0.477 e. The lowest BCUT2D eigenvalue weighted by Gasteiger charge is -1.95. The minimum absolute atomic E-state index is 0.0820. The molecule has 8 heteroatoms. The molecule has 90 valence electrons. The quantitative estimate of drug-likeness (QED) is 0.644. The number of carboxylic acids is 1. The number of aromatic amines is 1. The highest BCUT2D eigenvalue weighted by Crippen LogP contribution is 2.17. The van der Waals surface area contributed by atoms with E-state index in [1.807, 2.05) is 0 Å². The van der Waals surface area contributed by atoms with Crippen molar-refractivity contribution >= 4 is 34.3 Å². The molecule has 2 heterocycles. The normalized spacial score (nSPS) is 11.2. The Bertz CT molecular complexity index is 851. The summed E-state index contributed by atoms with van der Waals surface area (Å²) in [6.07, 6.45) is 1.18. The average molecular weight is 266 g/mol. The molecule has 0 aliphatic carbocycles. The highest BCUT2D eigenvalue weighted by atomic mass is 35.5. The number of hydrogen-bond donors (Lipinski definition) is 2. The fourth-order valence-corrected chi connectivity index (χ4v) is 1.96. The number of carboxylic acid groups (broad SMARTS) is 1. The van der Waals surface area contributed by atoms with Crippen molar-refractivity contribution in [1.82, 2.24) is 14.7 Å². The molecule has 0 atom stereocenters. The topological polar surface area (TPSA) is 93.4 Å². The van der Waals surface area contributed by atoms with Gasteiger partial charge in [-0.1, -0.05) is 16.7 Å². The van der Waals surface area contributed by atoms with Gasteiger partial charge in [0.25, 0.3) is 0 Å². The summed E-state index contributed by atoms with van der Waals surface area (Å²) in [7, 11) is 0. The highest BCUT2D eigenvalue weighted by Gasteiger charge is 2.19. The van der Waals surface area contributed by atoms with Crippen LogP contribution in [0.2, 0.25) is 5.02 Å². The number of benzene rings is 1. The van der Waals surface area contributed by atoms with E-state index in [1.54, 1.807) is 12.1 Å². The van der Waals surface area contributed by atoms with E-state index in [-0.39, 0.29) is 11.2 Å². The third-order valence-corrected chi connectivity index (χ3v) is 2.83. The van der Waals surface area contributed by atoms with E-state index in [9.17, 15) is 9.70 Å². The molecule has 0 fully saturated rings. The zero-order valence-corrected chi connectivity index (χ0v) is 9.55. The van der Waals surface area contributed by atoms with Crippen molar-refractivity contribution in [3.05, 3.63) is 39.9 Å². The number of fused-ring (bicyclic) bond motifs is 3. The lowest BCUT2D eigenvalue weighted by Crippen LogP contribution is -2.23. The molecule has 0 unspecified atom stereocenters. The van der Waals surface area contributed by atoms with E-state index in [4.69, 9.17) is 16.7 Å². The first-order valence-corrected chi connectivity index (χ1v) is 5.31. The van der Waals surface area contributed by atoms with Gasteiger partial charge in [-0.05, 0) is 12.1 Å². The number of H-pyrrole nitrogens is 1. The van der Waals surface area contributed by atoms with E-state index >= 15 is 0 Å². The molecule has 0 saturated carbocycles. The third kappa shape index (κ3) is 1.37. The maximum absolute atomic E-state index is 11.8. The zero-order valence-electron chi connectivity index (χ0n) is 8.79. The fourth-order valence-electron chi connectivity index (χ4n) is 1.79. The molecule has 0 bridgehead atoms. The molecule has 0 aliphatic heterocycles. The van der Waals surface area contributed by atoms with E-state index < -0.39 is 5.97 Å². The van der Waals surface area contributed by atoms with Gasteiger partial charge in [-0.3, -0.25) is 0 Å². The number of aromatic carboxylic acids is 1. The molecule has 7 nitrogen and oxygen atoms in total. The number of nitrogens with one attached hydrogen (secondary N) is 1. The van der Waals surface area contributed by atoms with Crippen molar-refractivity contribution < 1.29 is 14.4 Å². The Hall–Kier alpha value is -2.41. The highest BCUT2D eigenvalue weighted by molar-refractivity contribution is 6.31. The molecule has 3 rings (SSSR count). The number of aromatic nitrogens is 4. The van der Waals surface area contributed by atoms with Gasteiger partial charge in [-0.2, -0.15) is 5.10 Å². The Balaban J connectivity index is 2.58. The van der Waals surface area contributed by atoms with Gasteiger partial charge < -0.3 is 5.11 Å². The van der Waals surface area contributed by atoms with E-state index in [0.29, 0.717) is 20.6 Å². The van der Waals surface area contributed by atoms with Crippen molar-refractivity contribution in [2.75, 3.05) is 0 Å². The summed E-state index contributed by atoms with van der Waals surface area (Å²) in [5.74, 6) is -1.16. The SMILES string of the molecule is O=C(O)c1cnn2c1[nH][n+](=O)c1ccc(Cl)cc12. The monoisotopic (exact) mass is 265 g/mol. The van der Waals surface area contributed by atoms with Crippen LogP contribution >= 0.6 is 11.6 Å². The van der Waals surface area contributed by atoms with Crippen molar-refractivity contribution in [2.24, 2.45) is 0 Å². The van der Waals surface area contributed by atoms with Gasteiger partial charge in [0.15, 0.2) is 4.54 Å². The average Bonchev–Trinajstić information content (AvgIpc) is 2.72. The summed E-state index contributed by atoms with van der Waals surface area (Å²) in [4.78, 5) is 22.7. The minimum atomic E-state index is -1.16. The van der Waals surface area contributed by atoms with Crippen LogP contribution in [0.5, 0.6) is 0 Å². The van der Waals surface area contributed by atoms with Crippen LogP contribution in [-0.4, -0.2) is 25.8 Å². The van der Waals surface area contributed by atoms with Crippen molar-refractivity contribution in [3.63, 3.8) is 0 Å². The maximum atomic E-state index is 11.8. The molecular formula is C10H6ClN4O3+. The number of rotatable bonds is 1. The van der Waals surface area contributed by atoms with E-state index in [1.165, 1.54) is 16.8 Å². The Morgan fingerprint density at radius 1 is 1.50 bits per heavy atom.